The second-order valence-electron chi connectivity index (χ2n) is 6.68. The van der Waals surface area contributed by atoms with E-state index < -0.39 is 9.84 Å². The summed E-state index contributed by atoms with van der Waals surface area (Å²) in [5, 5.41) is 2.93. The van der Waals surface area contributed by atoms with Gasteiger partial charge in [0.2, 0.25) is 0 Å². The van der Waals surface area contributed by atoms with E-state index >= 15 is 0 Å². The zero-order valence-corrected chi connectivity index (χ0v) is 17.0. The van der Waals surface area contributed by atoms with Crippen LogP contribution in [-0.4, -0.2) is 25.6 Å². The Hall–Kier alpha value is -3.19. The number of pyridine rings is 1. The molecule has 0 spiro atoms. The maximum absolute atomic E-state index is 12.8. The normalized spacial score (nSPS) is 12.2. The van der Waals surface area contributed by atoms with Gasteiger partial charge >= 0.3 is 0 Å². The summed E-state index contributed by atoms with van der Waals surface area (Å²) in [4.78, 5) is 17.0. The molecular formula is C22H22N2O4S. The van der Waals surface area contributed by atoms with Crippen molar-refractivity contribution in [3.8, 4) is 5.75 Å². The standard InChI is InChI=1S/C22H22N2O4S/c1-16(18-7-9-19(10-8-18)29(2,26)27)24-22(25)20-5-3-4-6-21(20)28-15-17-11-13-23-14-12-17/h3-14,16H,15H2,1-2H3,(H,24,25)/t16-/m1/s1. The average Bonchev–Trinajstić information content (AvgIpc) is 2.72. The van der Waals surface area contributed by atoms with E-state index in [0.717, 1.165) is 17.4 Å². The lowest BCUT2D eigenvalue weighted by Crippen LogP contribution is -2.27. The Bertz CT molecular complexity index is 1080. The highest BCUT2D eigenvalue weighted by Crippen LogP contribution is 2.22. The van der Waals surface area contributed by atoms with E-state index in [1.54, 1.807) is 54.9 Å². The lowest BCUT2D eigenvalue weighted by atomic mass is 10.1. The average molecular weight is 410 g/mol. The van der Waals surface area contributed by atoms with Crippen molar-refractivity contribution in [1.29, 1.82) is 0 Å². The number of aromatic nitrogens is 1. The van der Waals surface area contributed by atoms with Crippen LogP contribution in [0.4, 0.5) is 0 Å². The Kier molecular flexibility index (Phi) is 6.29. The summed E-state index contributed by atoms with van der Waals surface area (Å²) in [5.41, 5.74) is 2.19. The third-order valence-electron chi connectivity index (χ3n) is 4.43. The maximum atomic E-state index is 12.8. The van der Waals surface area contributed by atoms with Crippen LogP contribution in [-0.2, 0) is 16.4 Å². The number of para-hydroxylation sites is 1. The summed E-state index contributed by atoms with van der Waals surface area (Å²) in [6, 6.07) is 16.9. The number of carbonyl (C=O) groups excluding carboxylic acids is 1. The van der Waals surface area contributed by atoms with Crippen molar-refractivity contribution in [3.63, 3.8) is 0 Å². The van der Waals surface area contributed by atoms with Crippen molar-refractivity contribution in [1.82, 2.24) is 10.3 Å². The van der Waals surface area contributed by atoms with Crippen molar-refractivity contribution < 1.29 is 17.9 Å². The molecule has 0 fully saturated rings. The Balaban J connectivity index is 1.70. The van der Waals surface area contributed by atoms with Gasteiger partial charge in [0.25, 0.3) is 5.91 Å². The van der Waals surface area contributed by atoms with Crippen LogP contribution in [0.25, 0.3) is 0 Å². The molecule has 0 unspecified atom stereocenters. The number of amides is 1. The molecule has 1 N–H and O–H groups in total. The van der Waals surface area contributed by atoms with Gasteiger partial charge < -0.3 is 10.1 Å². The second kappa shape index (κ2) is 8.87. The molecule has 6 nitrogen and oxygen atoms in total. The molecule has 1 heterocycles. The van der Waals surface area contributed by atoms with E-state index in [-0.39, 0.29) is 16.8 Å². The van der Waals surface area contributed by atoms with Crippen molar-refractivity contribution >= 4 is 15.7 Å². The molecule has 150 valence electrons. The fourth-order valence-electron chi connectivity index (χ4n) is 2.78. The Labute approximate surface area is 170 Å². The predicted octanol–water partition coefficient (Wildman–Crippen LogP) is 3.56. The van der Waals surface area contributed by atoms with Crippen LogP contribution in [0.5, 0.6) is 5.75 Å². The second-order valence-corrected chi connectivity index (χ2v) is 8.69. The van der Waals surface area contributed by atoms with Gasteiger partial charge in [-0.15, -0.1) is 0 Å². The molecule has 29 heavy (non-hydrogen) atoms. The van der Waals surface area contributed by atoms with Gasteiger partial charge in [-0.25, -0.2) is 8.42 Å². The number of hydrogen-bond acceptors (Lipinski definition) is 5. The Morgan fingerprint density at radius 2 is 1.69 bits per heavy atom. The Morgan fingerprint density at radius 3 is 2.34 bits per heavy atom. The van der Waals surface area contributed by atoms with E-state index in [0.29, 0.717) is 17.9 Å². The monoisotopic (exact) mass is 410 g/mol. The van der Waals surface area contributed by atoms with Crippen LogP contribution < -0.4 is 10.1 Å². The van der Waals surface area contributed by atoms with Gasteiger partial charge in [0, 0.05) is 18.6 Å². The summed E-state index contributed by atoms with van der Waals surface area (Å²) in [7, 11) is -3.25. The molecule has 2 aromatic carbocycles. The number of benzene rings is 2. The first-order chi connectivity index (χ1) is 13.8. The van der Waals surface area contributed by atoms with Gasteiger partial charge in [-0.3, -0.25) is 9.78 Å². The van der Waals surface area contributed by atoms with E-state index in [9.17, 15) is 13.2 Å². The molecule has 1 atom stereocenters. The molecule has 0 aliphatic carbocycles. The van der Waals surface area contributed by atoms with Crippen LogP contribution in [0.3, 0.4) is 0 Å². The first-order valence-electron chi connectivity index (χ1n) is 9.06. The molecule has 0 aliphatic heterocycles. The van der Waals surface area contributed by atoms with Crippen LogP contribution >= 0.6 is 0 Å². The highest BCUT2D eigenvalue weighted by molar-refractivity contribution is 7.90. The molecule has 1 aromatic heterocycles. The number of hydrogen-bond donors (Lipinski definition) is 1. The van der Waals surface area contributed by atoms with Crippen LogP contribution in [0.2, 0.25) is 0 Å². The SMILES string of the molecule is C[C@@H](NC(=O)c1ccccc1OCc1ccncc1)c1ccc(S(C)(=O)=O)cc1. The number of ether oxygens (including phenoxy) is 1. The topological polar surface area (TPSA) is 85.4 Å². The van der Waals surface area contributed by atoms with Crippen LogP contribution in [0.15, 0.2) is 78.0 Å². The van der Waals surface area contributed by atoms with Crippen molar-refractivity contribution in [2.45, 2.75) is 24.5 Å². The third-order valence-corrected chi connectivity index (χ3v) is 5.56. The molecule has 0 bridgehead atoms. The molecule has 0 saturated carbocycles. The van der Waals surface area contributed by atoms with Gasteiger partial charge in [-0.05, 0) is 54.4 Å². The van der Waals surface area contributed by atoms with E-state index in [1.807, 2.05) is 25.1 Å². The van der Waals surface area contributed by atoms with Gasteiger partial charge in [0.05, 0.1) is 16.5 Å². The third kappa shape index (κ3) is 5.42. The lowest BCUT2D eigenvalue weighted by Gasteiger charge is -2.17. The minimum Gasteiger partial charge on any atom is -0.488 e. The van der Waals surface area contributed by atoms with E-state index in [1.165, 1.54) is 0 Å². The number of nitrogens with zero attached hydrogens (tertiary/aromatic N) is 1. The number of nitrogens with one attached hydrogen (secondary N) is 1. The number of carbonyl (C=O) groups is 1. The molecular weight excluding hydrogens is 388 g/mol. The molecule has 0 radical (unpaired) electrons. The zero-order chi connectivity index (χ0) is 20.9. The fourth-order valence-corrected chi connectivity index (χ4v) is 3.41. The van der Waals surface area contributed by atoms with Gasteiger partial charge in [0.15, 0.2) is 9.84 Å². The fraction of sp³-hybridized carbons (Fsp3) is 0.182. The minimum absolute atomic E-state index is 0.245. The number of sulfone groups is 1. The summed E-state index contributed by atoms with van der Waals surface area (Å²) in [5.74, 6) is 0.219. The van der Waals surface area contributed by atoms with Gasteiger partial charge in [0.1, 0.15) is 12.4 Å². The largest absolute Gasteiger partial charge is 0.488 e. The molecule has 3 aromatic rings. The first-order valence-corrected chi connectivity index (χ1v) is 11.0. The van der Waals surface area contributed by atoms with Gasteiger partial charge in [-0.1, -0.05) is 24.3 Å². The van der Waals surface area contributed by atoms with Crippen LogP contribution in [0.1, 0.15) is 34.5 Å². The zero-order valence-electron chi connectivity index (χ0n) is 16.2. The molecule has 3 rings (SSSR count). The molecule has 0 saturated heterocycles. The summed E-state index contributed by atoms with van der Waals surface area (Å²) >= 11 is 0. The van der Waals surface area contributed by atoms with E-state index in [2.05, 4.69) is 10.3 Å². The van der Waals surface area contributed by atoms with Crippen LogP contribution in [0, 0.1) is 0 Å². The molecule has 1 amide bonds. The van der Waals surface area contributed by atoms with Gasteiger partial charge in [-0.2, -0.15) is 0 Å². The summed E-state index contributed by atoms with van der Waals surface area (Å²) in [6.07, 6.45) is 4.54. The van der Waals surface area contributed by atoms with Crippen molar-refractivity contribution in [3.05, 3.63) is 89.7 Å². The molecule has 0 aliphatic rings. The maximum Gasteiger partial charge on any atom is 0.255 e. The first kappa shape index (κ1) is 20.5. The van der Waals surface area contributed by atoms with E-state index in [4.69, 9.17) is 4.74 Å². The van der Waals surface area contributed by atoms with Crippen molar-refractivity contribution in [2.24, 2.45) is 0 Å². The molecule has 7 heteroatoms. The minimum atomic E-state index is -3.25. The predicted molar refractivity (Wildman–Crippen MR) is 110 cm³/mol. The lowest BCUT2D eigenvalue weighted by molar-refractivity contribution is 0.0935. The van der Waals surface area contributed by atoms with Crippen molar-refractivity contribution in [2.75, 3.05) is 6.26 Å². The smallest absolute Gasteiger partial charge is 0.255 e. The summed E-state index contributed by atoms with van der Waals surface area (Å²) < 4.78 is 29.0. The Morgan fingerprint density at radius 1 is 1.03 bits per heavy atom. The summed E-state index contributed by atoms with van der Waals surface area (Å²) in [6.45, 7) is 2.17. The highest BCUT2D eigenvalue weighted by atomic mass is 32.2. The number of rotatable bonds is 7. The highest BCUT2D eigenvalue weighted by Gasteiger charge is 2.16. The quantitative estimate of drug-likeness (QED) is 0.644.